The van der Waals surface area contributed by atoms with E-state index < -0.39 is 0 Å². The van der Waals surface area contributed by atoms with Gasteiger partial charge in [0.25, 0.3) is 5.91 Å². The number of hydrogen-bond donors (Lipinski definition) is 2. The summed E-state index contributed by atoms with van der Waals surface area (Å²) in [5, 5.41) is 15.0. The van der Waals surface area contributed by atoms with Crippen LogP contribution in [0.1, 0.15) is 29.3 Å². The number of aromatic nitrogens is 2. The summed E-state index contributed by atoms with van der Waals surface area (Å²) in [5.74, 6) is -0.113. The van der Waals surface area contributed by atoms with Crippen molar-refractivity contribution in [1.82, 2.24) is 14.9 Å². The Kier molecular flexibility index (Phi) is 4.80. The highest BCUT2D eigenvalue weighted by atomic mass is 32.1. The third kappa shape index (κ3) is 3.51. The van der Waals surface area contributed by atoms with E-state index in [1.165, 1.54) is 0 Å². The predicted molar refractivity (Wildman–Crippen MR) is 84.4 cm³/mol. The molecular weight excluding hydrogens is 286 g/mol. The normalized spacial score (nSPS) is 14.0. The number of rotatable bonds is 5. The van der Waals surface area contributed by atoms with Gasteiger partial charge in [-0.05, 0) is 25.8 Å². The second-order valence-electron chi connectivity index (χ2n) is 5.40. The molecule has 0 saturated carbocycles. The first kappa shape index (κ1) is 15.7. The lowest BCUT2D eigenvalue weighted by Crippen LogP contribution is -2.39. The Morgan fingerprint density at radius 2 is 2.24 bits per heavy atom. The van der Waals surface area contributed by atoms with Gasteiger partial charge in [-0.1, -0.05) is 6.92 Å². The lowest BCUT2D eigenvalue weighted by atomic mass is 10.1. The quantitative estimate of drug-likeness (QED) is 0.890. The summed E-state index contributed by atoms with van der Waals surface area (Å²) in [4.78, 5) is 16.8. The number of carbonyl (C=O) groups excluding carboxylic acids is 1. The van der Waals surface area contributed by atoms with Crippen LogP contribution < -0.4 is 5.32 Å². The Hall–Kier alpha value is -1.66. The summed E-state index contributed by atoms with van der Waals surface area (Å²) in [5.41, 5.74) is 2.42. The first-order valence-corrected chi connectivity index (χ1v) is 7.81. The highest BCUT2D eigenvalue weighted by Gasteiger charge is 2.18. The lowest BCUT2D eigenvalue weighted by Gasteiger charge is -2.19. The van der Waals surface area contributed by atoms with Gasteiger partial charge in [-0.2, -0.15) is 0 Å². The molecule has 114 valence electrons. The second-order valence-corrected chi connectivity index (χ2v) is 6.46. The van der Waals surface area contributed by atoms with Crippen molar-refractivity contribution in [1.29, 1.82) is 0 Å². The fraction of sp³-hybridized carbons (Fsp3) is 0.467. The highest BCUT2D eigenvalue weighted by molar-refractivity contribution is 7.09. The molecule has 2 N–H and O–H groups in total. The summed E-state index contributed by atoms with van der Waals surface area (Å²) in [6, 6.07) is 1.77. The minimum Gasteiger partial charge on any atom is -0.396 e. The first-order valence-electron chi connectivity index (χ1n) is 6.93. The van der Waals surface area contributed by atoms with Crippen LogP contribution in [0.5, 0.6) is 0 Å². The fourth-order valence-electron chi connectivity index (χ4n) is 2.01. The van der Waals surface area contributed by atoms with Crippen molar-refractivity contribution in [2.45, 2.75) is 26.8 Å². The van der Waals surface area contributed by atoms with E-state index in [9.17, 15) is 4.79 Å². The minimum atomic E-state index is -0.136. The maximum absolute atomic E-state index is 12.3. The molecule has 0 aliphatic rings. The van der Waals surface area contributed by atoms with E-state index in [1.807, 2.05) is 45.5 Å². The number of hydrogen-bond acceptors (Lipinski definition) is 4. The molecule has 0 spiro atoms. The zero-order valence-corrected chi connectivity index (χ0v) is 13.6. The van der Waals surface area contributed by atoms with Gasteiger partial charge < -0.3 is 15.0 Å². The van der Waals surface area contributed by atoms with E-state index in [0.29, 0.717) is 5.69 Å². The van der Waals surface area contributed by atoms with E-state index in [0.717, 1.165) is 16.3 Å². The molecule has 2 atom stereocenters. The molecule has 1 amide bonds. The maximum atomic E-state index is 12.3. The van der Waals surface area contributed by atoms with Crippen molar-refractivity contribution < 1.29 is 9.90 Å². The monoisotopic (exact) mass is 307 g/mol. The molecule has 5 nitrogen and oxygen atoms in total. The SMILES string of the molecule is Cc1nc(-c2cc(C(=O)NC(C)C(C)CO)n(C)c2)cs1. The standard InChI is InChI=1S/C15H21N3O2S/c1-9(7-19)10(2)16-15(20)14-5-12(6-18(14)4)13-8-21-11(3)17-13/h5-6,8-10,19H,7H2,1-4H3,(H,16,20). The Morgan fingerprint density at radius 1 is 1.52 bits per heavy atom. The van der Waals surface area contributed by atoms with Crippen LogP contribution in [0.4, 0.5) is 0 Å². The molecule has 2 aromatic heterocycles. The van der Waals surface area contributed by atoms with Gasteiger partial charge in [0.1, 0.15) is 5.69 Å². The summed E-state index contributed by atoms with van der Waals surface area (Å²) in [6.07, 6.45) is 1.91. The maximum Gasteiger partial charge on any atom is 0.268 e. The number of amides is 1. The van der Waals surface area contributed by atoms with E-state index in [2.05, 4.69) is 10.3 Å². The number of thiazole rings is 1. The molecule has 0 aromatic carbocycles. The number of aliphatic hydroxyl groups is 1. The smallest absolute Gasteiger partial charge is 0.268 e. The lowest BCUT2D eigenvalue weighted by molar-refractivity contribution is 0.0908. The Labute approximate surface area is 128 Å². The third-order valence-corrected chi connectivity index (χ3v) is 4.43. The van der Waals surface area contributed by atoms with Gasteiger partial charge in [0, 0.05) is 36.8 Å². The van der Waals surface area contributed by atoms with E-state index in [1.54, 1.807) is 15.9 Å². The van der Waals surface area contributed by atoms with Crippen LogP contribution in [0.3, 0.4) is 0 Å². The molecule has 2 heterocycles. The zero-order chi connectivity index (χ0) is 15.6. The van der Waals surface area contributed by atoms with Crippen molar-refractivity contribution in [3.05, 3.63) is 28.3 Å². The van der Waals surface area contributed by atoms with Gasteiger partial charge in [0.2, 0.25) is 0 Å². The molecular formula is C15H21N3O2S. The van der Waals surface area contributed by atoms with Crippen molar-refractivity contribution in [2.75, 3.05) is 6.61 Å². The van der Waals surface area contributed by atoms with Gasteiger partial charge in [-0.25, -0.2) is 4.98 Å². The van der Waals surface area contributed by atoms with Crippen LogP contribution in [-0.2, 0) is 7.05 Å². The van der Waals surface area contributed by atoms with Crippen molar-refractivity contribution >= 4 is 17.2 Å². The minimum absolute atomic E-state index is 0.0230. The average molecular weight is 307 g/mol. The summed E-state index contributed by atoms with van der Waals surface area (Å²) in [6.45, 7) is 5.81. The average Bonchev–Trinajstić information content (AvgIpc) is 3.03. The topological polar surface area (TPSA) is 67.2 Å². The van der Waals surface area contributed by atoms with E-state index in [-0.39, 0.29) is 24.5 Å². The van der Waals surface area contributed by atoms with Gasteiger partial charge in [0.15, 0.2) is 0 Å². The van der Waals surface area contributed by atoms with E-state index in [4.69, 9.17) is 5.11 Å². The molecule has 6 heteroatoms. The molecule has 0 bridgehead atoms. The first-order chi connectivity index (χ1) is 9.92. The van der Waals surface area contributed by atoms with Crippen LogP contribution >= 0.6 is 11.3 Å². The van der Waals surface area contributed by atoms with Crippen molar-refractivity contribution in [3.63, 3.8) is 0 Å². The van der Waals surface area contributed by atoms with Gasteiger partial charge in [0.05, 0.1) is 10.7 Å². The Bertz CT molecular complexity index is 633. The molecule has 0 saturated heterocycles. The van der Waals surface area contributed by atoms with Crippen molar-refractivity contribution in [3.8, 4) is 11.3 Å². The Morgan fingerprint density at radius 3 is 2.81 bits per heavy atom. The van der Waals surface area contributed by atoms with Crippen LogP contribution in [-0.4, -0.2) is 33.2 Å². The molecule has 2 rings (SSSR count). The predicted octanol–water partition coefficient (Wildman–Crippen LogP) is 2.20. The summed E-state index contributed by atoms with van der Waals surface area (Å²) < 4.78 is 1.80. The largest absolute Gasteiger partial charge is 0.396 e. The van der Waals surface area contributed by atoms with Gasteiger partial charge in [-0.15, -0.1) is 11.3 Å². The highest BCUT2D eigenvalue weighted by Crippen LogP contribution is 2.23. The Balaban J connectivity index is 2.17. The second kappa shape index (κ2) is 6.41. The van der Waals surface area contributed by atoms with E-state index >= 15 is 0 Å². The van der Waals surface area contributed by atoms with Crippen molar-refractivity contribution in [2.24, 2.45) is 13.0 Å². The van der Waals surface area contributed by atoms with Crippen LogP contribution in [0, 0.1) is 12.8 Å². The number of nitrogens with one attached hydrogen (secondary N) is 1. The zero-order valence-electron chi connectivity index (χ0n) is 12.8. The number of aryl methyl sites for hydroxylation is 2. The number of carbonyl (C=O) groups is 1. The van der Waals surface area contributed by atoms with Gasteiger partial charge in [-0.3, -0.25) is 4.79 Å². The third-order valence-electron chi connectivity index (χ3n) is 3.65. The molecule has 2 aromatic rings. The number of aliphatic hydroxyl groups excluding tert-OH is 1. The number of nitrogens with zero attached hydrogens (tertiary/aromatic N) is 2. The molecule has 21 heavy (non-hydrogen) atoms. The fourth-order valence-corrected chi connectivity index (χ4v) is 2.63. The van der Waals surface area contributed by atoms with Crippen LogP contribution in [0.2, 0.25) is 0 Å². The molecule has 0 radical (unpaired) electrons. The summed E-state index contributed by atoms with van der Waals surface area (Å²) in [7, 11) is 1.85. The van der Waals surface area contributed by atoms with Crippen LogP contribution in [0.25, 0.3) is 11.3 Å². The summed E-state index contributed by atoms with van der Waals surface area (Å²) >= 11 is 1.59. The molecule has 0 aliphatic carbocycles. The molecule has 2 unspecified atom stereocenters. The van der Waals surface area contributed by atoms with Gasteiger partial charge >= 0.3 is 0 Å². The molecule has 0 fully saturated rings. The van der Waals surface area contributed by atoms with Crippen LogP contribution in [0.15, 0.2) is 17.6 Å². The molecule has 0 aliphatic heterocycles.